The molecule has 0 amide bonds. The molecular formula is C20H15F2N3O2. The zero-order chi connectivity index (χ0) is 19.4. The maximum absolute atomic E-state index is 14.1. The first-order chi connectivity index (χ1) is 13.1. The molecule has 1 aromatic heterocycles. The smallest absolute Gasteiger partial charge is 0.182 e. The third kappa shape index (κ3) is 3.37. The lowest BCUT2D eigenvalue weighted by atomic mass is 10.0. The van der Waals surface area contributed by atoms with Crippen molar-refractivity contribution in [2.45, 2.75) is 0 Å². The number of anilines is 2. The van der Waals surface area contributed by atoms with Gasteiger partial charge >= 0.3 is 0 Å². The van der Waals surface area contributed by atoms with Gasteiger partial charge in [0.1, 0.15) is 6.07 Å². The van der Waals surface area contributed by atoms with Crippen LogP contribution in [0.2, 0.25) is 0 Å². The second-order valence-corrected chi connectivity index (χ2v) is 5.49. The Morgan fingerprint density at radius 3 is 2.48 bits per heavy atom. The van der Waals surface area contributed by atoms with Crippen LogP contribution in [0.3, 0.4) is 0 Å². The number of aromatic nitrogens is 1. The highest BCUT2D eigenvalue weighted by atomic mass is 19.2. The van der Waals surface area contributed by atoms with Crippen LogP contribution in [0.1, 0.15) is 5.56 Å². The Hall–Kier alpha value is -3.66. The third-order valence-corrected chi connectivity index (χ3v) is 3.97. The second-order valence-electron chi connectivity index (χ2n) is 5.49. The topological polar surface area (TPSA) is 67.2 Å². The van der Waals surface area contributed by atoms with E-state index in [0.29, 0.717) is 22.6 Å². The number of para-hydroxylation sites is 1. The number of pyridine rings is 1. The van der Waals surface area contributed by atoms with E-state index < -0.39 is 11.6 Å². The minimum Gasteiger partial charge on any atom is -0.493 e. The molecule has 3 rings (SSSR count). The highest BCUT2D eigenvalue weighted by molar-refractivity contribution is 5.88. The molecule has 0 aliphatic rings. The number of nitrogens with one attached hydrogen (secondary N) is 1. The van der Waals surface area contributed by atoms with Gasteiger partial charge in [0.25, 0.3) is 0 Å². The molecule has 5 nitrogen and oxygen atoms in total. The SMILES string of the molecule is COc1cccc(-c2cncc(C#N)c2Nc2cccc(F)c2F)c1OC. The largest absolute Gasteiger partial charge is 0.493 e. The first-order valence-electron chi connectivity index (χ1n) is 7.91. The molecule has 3 aromatic rings. The van der Waals surface area contributed by atoms with Crippen LogP contribution in [-0.2, 0) is 0 Å². The summed E-state index contributed by atoms with van der Waals surface area (Å²) >= 11 is 0. The van der Waals surface area contributed by atoms with Gasteiger partial charge in [0.05, 0.1) is 31.2 Å². The summed E-state index contributed by atoms with van der Waals surface area (Å²) < 4.78 is 38.5. The van der Waals surface area contributed by atoms with Crippen molar-refractivity contribution < 1.29 is 18.3 Å². The predicted octanol–water partition coefficient (Wildman–Crippen LogP) is 4.66. The Bertz CT molecular complexity index is 1030. The van der Waals surface area contributed by atoms with Gasteiger partial charge in [0.15, 0.2) is 23.1 Å². The Morgan fingerprint density at radius 2 is 1.78 bits per heavy atom. The van der Waals surface area contributed by atoms with Crippen LogP contribution in [0, 0.1) is 23.0 Å². The van der Waals surface area contributed by atoms with Gasteiger partial charge in [-0.15, -0.1) is 0 Å². The van der Waals surface area contributed by atoms with Crippen LogP contribution in [0.4, 0.5) is 20.2 Å². The lowest BCUT2D eigenvalue weighted by Gasteiger charge is -2.17. The van der Waals surface area contributed by atoms with E-state index >= 15 is 0 Å². The standard InChI is InChI=1S/C20H15F2N3O2/c1-26-17-8-3-5-13(20(17)27-2)14-11-24-10-12(9-23)19(14)25-16-7-4-6-15(21)18(16)22/h3-8,10-11H,1-2H3,(H,24,25). The van der Waals surface area contributed by atoms with Crippen LogP contribution >= 0.6 is 0 Å². The van der Waals surface area contributed by atoms with Crippen molar-refractivity contribution >= 4 is 11.4 Å². The summed E-state index contributed by atoms with van der Waals surface area (Å²) in [6, 6.07) is 11.0. The van der Waals surface area contributed by atoms with Crippen molar-refractivity contribution in [3.63, 3.8) is 0 Å². The van der Waals surface area contributed by atoms with Gasteiger partial charge in [-0.1, -0.05) is 18.2 Å². The van der Waals surface area contributed by atoms with E-state index in [2.05, 4.69) is 10.3 Å². The minimum atomic E-state index is -1.04. The van der Waals surface area contributed by atoms with E-state index in [1.807, 2.05) is 6.07 Å². The molecule has 0 saturated carbocycles. The van der Waals surface area contributed by atoms with Gasteiger partial charge in [0, 0.05) is 23.5 Å². The van der Waals surface area contributed by atoms with Gasteiger partial charge < -0.3 is 14.8 Å². The highest BCUT2D eigenvalue weighted by Gasteiger charge is 2.19. The molecule has 27 heavy (non-hydrogen) atoms. The van der Waals surface area contributed by atoms with Gasteiger partial charge in [-0.25, -0.2) is 8.78 Å². The summed E-state index contributed by atoms with van der Waals surface area (Å²) in [5.41, 5.74) is 1.42. The highest BCUT2D eigenvalue weighted by Crippen LogP contribution is 2.42. The molecule has 7 heteroatoms. The number of ether oxygens (including phenoxy) is 2. The second kappa shape index (κ2) is 7.70. The average Bonchev–Trinajstić information content (AvgIpc) is 2.70. The van der Waals surface area contributed by atoms with Crippen LogP contribution in [0.5, 0.6) is 11.5 Å². The predicted molar refractivity (Wildman–Crippen MR) is 97.1 cm³/mol. The molecule has 136 valence electrons. The average molecular weight is 367 g/mol. The Labute approximate surface area is 154 Å². The van der Waals surface area contributed by atoms with Gasteiger partial charge in [-0.2, -0.15) is 5.26 Å². The van der Waals surface area contributed by atoms with Crippen molar-refractivity contribution in [3.05, 3.63) is 66.0 Å². The molecule has 2 aromatic carbocycles. The lowest BCUT2D eigenvalue weighted by Crippen LogP contribution is -2.02. The Kier molecular flexibility index (Phi) is 5.18. The van der Waals surface area contributed by atoms with E-state index in [4.69, 9.17) is 9.47 Å². The summed E-state index contributed by atoms with van der Waals surface area (Å²) in [5, 5.41) is 12.3. The van der Waals surface area contributed by atoms with E-state index in [9.17, 15) is 14.0 Å². The fourth-order valence-electron chi connectivity index (χ4n) is 2.72. The maximum Gasteiger partial charge on any atom is 0.182 e. The first kappa shape index (κ1) is 18.1. The van der Waals surface area contributed by atoms with Crippen LogP contribution < -0.4 is 14.8 Å². The Morgan fingerprint density at radius 1 is 1.00 bits per heavy atom. The van der Waals surface area contributed by atoms with E-state index in [-0.39, 0.29) is 16.9 Å². The van der Waals surface area contributed by atoms with E-state index in [1.165, 1.54) is 38.7 Å². The van der Waals surface area contributed by atoms with Crippen molar-refractivity contribution in [2.24, 2.45) is 0 Å². The molecule has 1 heterocycles. The minimum absolute atomic E-state index is 0.0965. The molecule has 0 saturated heterocycles. The molecule has 1 N–H and O–H groups in total. The van der Waals surface area contributed by atoms with Crippen LogP contribution in [0.15, 0.2) is 48.8 Å². The van der Waals surface area contributed by atoms with Crippen molar-refractivity contribution in [1.82, 2.24) is 4.98 Å². The number of rotatable bonds is 5. The van der Waals surface area contributed by atoms with E-state index in [0.717, 1.165) is 6.07 Å². The van der Waals surface area contributed by atoms with Crippen molar-refractivity contribution in [2.75, 3.05) is 19.5 Å². The molecule has 0 aliphatic carbocycles. The Balaban J connectivity index is 2.22. The quantitative estimate of drug-likeness (QED) is 0.710. The number of hydrogen-bond acceptors (Lipinski definition) is 5. The molecule has 0 radical (unpaired) electrons. The van der Waals surface area contributed by atoms with Gasteiger partial charge in [0.2, 0.25) is 0 Å². The number of nitrogens with zero attached hydrogens (tertiary/aromatic N) is 2. The third-order valence-electron chi connectivity index (χ3n) is 3.97. The summed E-state index contributed by atoms with van der Waals surface area (Å²) in [4.78, 5) is 4.08. The lowest BCUT2D eigenvalue weighted by molar-refractivity contribution is 0.356. The van der Waals surface area contributed by atoms with Crippen LogP contribution in [0.25, 0.3) is 11.1 Å². The fraction of sp³-hybridized carbons (Fsp3) is 0.100. The summed E-state index contributed by atoms with van der Waals surface area (Å²) in [5.74, 6) is -1.12. The number of nitriles is 1. The summed E-state index contributed by atoms with van der Waals surface area (Å²) in [7, 11) is 3.00. The zero-order valence-corrected chi connectivity index (χ0v) is 14.6. The van der Waals surface area contributed by atoms with Crippen molar-refractivity contribution in [3.8, 4) is 28.7 Å². The first-order valence-corrected chi connectivity index (χ1v) is 7.91. The summed E-state index contributed by atoms with van der Waals surface area (Å²) in [6.45, 7) is 0. The fourth-order valence-corrected chi connectivity index (χ4v) is 2.72. The maximum atomic E-state index is 14.1. The van der Waals surface area contributed by atoms with E-state index in [1.54, 1.807) is 18.2 Å². The molecule has 0 fully saturated rings. The van der Waals surface area contributed by atoms with Gasteiger partial charge in [-0.05, 0) is 18.2 Å². The molecule has 0 bridgehead atoms. The van der Waals surface area contributed by atoms with Crippen molar-refractivity contribution in [1.29, 1.82) is 5.26 Å². The number of halogens is 2. The monoisotopic (exact) mass is 367 g/mol. The molecule has 0 aliphatic heterocycles. The zero-order valence-electron chi connectivity index (χ0n) is 14.6. The molecule has 0 atom stereocenters. The number of benzene rings is 2. The van der Waals surface area contributed by atoms with Gasteiger partial charge in [-0.3, -0.25) is 4.98 Å². The summed E-state index contributed by atoms with van der Waals surface area (Å²) in [6.07, 6.45) is 2.85. The molecule has 0 unspecified atom stereocenters. The number of methoxy groups -OCH3 is 2. The molecule has 0 spiro atoms. The number of hydrogen-bond donors (Lipinski definition) is 1. The van der Waals surface area contributed by atoms with Crippen LogP contribution in [-0.4, -0.2) is 19.2 Å². The molecular weight excluding hydrogens is 352 g/mol. The normalized spacial score (nSPS) is 10.2.